The van der Waals surface area contributed by atoms with Gasteiger partial charge in [0.1, 0.15) is 17.1 Å². The van der Waals surface area contributed by atoms with E-state index < -0.39 is 57.2 Å². The van der Waals surface area contributed by atoms with Gasteiger partial charge < -0.3 is 13.9 Å². The van der Waals surface area contributed by atoms with Gasteiger partial charge in [0.05, 0.1) is 15.9 Å². The number of anilines is 2. The van der Waals surface area contributed by atoms with Crippen LogP contribution in [0.15, 0.2) is 142 Å². The van der Waals surface area contributed by atoms with Crippen molar-refractivity contribution in [2.45, 2.75) is 81.1 Å². The van der Waals surface area contributed by atoms with Crippen LogP contribution in [0.4, 0.5) is 43.4 Å². The van der Waals surface area contributed by atoms with Crippen molar-refractivity contribution >= 4 is 64.3 Å². The molecule has 0 radical (unpaired) electrons. The summed E-state index contributed by atoms with van der Waals surface area (Å²) >= 11 is 0. The molecule has 0 saturated heterocycles. The average Bonchev–Trinajstić information content (AvgIpc) is 3.30. The molecule has 0 atom stereocenters. The maximum absolute atomic E-state index is 15.6. The van der Waals surface area contributed by atoms with E-state index in [4.69, 9.17) is 9.41 Å². The fraction of sp³-hybridized carbons (Fsp3) is 0.235. The Morgan fingerprint density at radius 3 is 1.99 bits per heavy atom. The summed E-state index contributed by atoms with van der Waals surface area (Å²) in [4.78, 5) is 3.80. The Labute approximate surface area is 407 Å². The van der Waals surface area contributed by atoms with Crippen LogP contribution in [0.3, 0.4) is 0 Å². The van der Waals surface area contributed by atoms with E-state index in [1.165, 1.54) is 24.3 Å². The molecule has 1 heterocycles. The molecule has 2 aliphatic rings. The number of para-hydroxylation sites is 2. The second-order valence-electron chi connectivity index (χ2n) is 17.2. The lowest BCUT2D eigenvalue weighted by molar-refractivity contribution is -0.245. The number of rotatable bonds is 17. The summed E-state index contributed by atoms with van der Waals surface area (Å²) in [5.74, 6) is -8.07. The van der Waals surface area contributed by atoms with Gasteiger partial charge in [0.2, 0.25) is 0 Å². The Balaban J connectivity index is 1.37. The van der Waals surface area contributed by atoms with Gasteiger partial charge in [0.15, 0.2) is 0 Å². The van der Waals surface area contributed by atoms with E-state index in [0.717, 1.165) is 52.2 Å². The van der Waals surface area contributed by atoms with Crippen molar-refractivity contribution in [3.05, 3.63) is 161 Å². The van der Waals surface area contributed by atoms with Gasteiger partial charge in [-0.05, 0) is 95.5 Å². The van der Waals surface area contributed by atoms with Crippen molar-refractivity contribution < 1.29 is 60.2 Å². The third-order valence-electron chi connectivity index (χ3n) is 11.7. The SMILES string of the molecule is C=Cc1ccc(OS(=O)(=O)C(F)(F)C(F)(F)C(F)(F)S(=O)(=O)NS(=O)(=O)c2ccccc2-c2c3ccc(=Nc4c(C)cccc4CC)cc-3oc3cc(Nc4c(C(C)C)cccc4C(C)C)ccc23)cc1. The number of fused-ring (bicyclic) bond motifs is 2. The lowest BCUT2D eigenvalue weighted by atomic mass is 9.92. The molecule has 0 bridgehead atoms. The number of sulfonamides is 2. The number of benzene rings is 6. The molecule has 71 heavy (non-hydrogen) atoms. The van der Waals surface area contributed by atoms with E-state index in [2.05, 4.69) is 16.1 Å². The lowest BCUT2D eigenvalue weighted by Gasteiger charge is -2.31. The molecule has 5 aromatic carbocycles. The van der Waals surface area contributed by atoms with E-state index in [1.807, 2.05) is 77.9 Å². The predicted molar refractivity (Wildman–Crippen MR) is 262 cm³/mol. The van der Waals surface area contributed by atoms with Crippen molar-refractivity contribution in [1.29, 1.82) is 0 Å². The van der Waals surface area contributed by atoms with Gasteiger partial charge in [-0.15, -0.1) is 0 Å². The van der Waals surface area contributed by atoms with E-state index in [9.17, 15) is 25.3 Å². The van der Waals surface area contributed by atoms with Gasteiger partial charge in [-0.2, -0.15) is 34.8 Å². The third-order valence-corrected chi connectivity index (χ3v) is 16.6. The van der Waals surface area contributed by atoms with Crippen LogP contribution in [0.5, 0.6) is 5.75 Å². The summed E-state index contributed by atoms with van der Waals surface area (Å²) in [5.41, 5.74) is 6.18. The van der Waals surface area contributed by atoms with E-state index >= 15 is 26.3 Å². The van der Waals surface area contributed by atoms with Crippen LogP contribution in [0.25, 0.3) is 39.5 Å². The minimum absolute atomic E-state index is 0.0290. The zero-order valence-corrected chi connectivity index (χ0v) is 41.3. The molecule has 0 fully saturated rings. The number of hydrogen-bond donors (Lipinski definition) is 2. The molecule has 2 N–H and O–H groups in total. The van der Waals surface area contributed by atoms with E-state index in [-0.39, 0.29) is 50.8 Å². The fourth-order valence-electron chi connectivity index (χ4n) is 7.93. The molecule has 374 valence electrons. The molecule has 0 aromatic heterocycles. The van der Waals surface area contributed by atoms with Gasteiger partial charge in [-0.25, -0.2) is 21.8 Å². The van der Waals surface area contributed by atoms with Crippen molar-refractivity contribution in [2.24, 2.45) is 4.99 Å². The van der Waals surface area contributed by atoms with Crippen LogP contribution in [0.2, 0.25) is 0 Å². The van der Waals surface area contributed by atoms with Crippen LogP contribution in [-0.4, -0.2) is 41.7 Å². The summed E-state index contributed by atoms with van der Waals surface area (Å²) < 4.78 is 183. The van der Waals surface area contributed by atoms with Crippen molar-refractivity contribution in [3.63, 3.8) is 0 Å². The summed E-state index contributed by atoms with van der Waals surface area (Å²) in [6.45, 7) is 15.4. The molecule has 1 aliphatic carbocycles. The number of aryl methyl sites for hydroxylation is 2. The van der Waals surface area contributed by atoms with Gasteiger partial charge in [-0.3, -0.25) is 0 Å². The predicted octanol–water partition coefficient (Wildman–Crippen LogP) is 12.8. The Kier molecular flexibility index (Phi) is 14.2. The van der Waals surface area contributed by atoms with Crippen LogP contribution < -0.4 is 19.0 Å². The molecule has 7 rings (SSSR count). The first-order valence-corrected chi connectivity index (χ1v) is 26.3. The largest absolute Gasteiger partial charge is 0.456 e. The first-order valence-electron chi connectivity index (χ1n) is 21.9. The molecule has 0 spiro atoms. The van der Waals surface area contributed by atoms with Crippen molar-refractivity contribution in [3.8, 4) is 28.2 Å². The summed E-state index contributed by atoms with van der Waals surface area (Å²) in [7, 11) is -20.6. The van der Waals surface area contributed by atoms with Crippen molar-refractivity contribution in [1.82, 2.24) is 4.13 Å². The highest BCUT2D eigenvalue weighted by molar-refractivity contribution is 8.05. The van der Waals surface area contributed by atoms with Crippen LogP contribution in [0, 0.1) is 6.92 Å². The molecule has 11 nitrogen and oxygen atoms in total. The van der Waals surface area contributed by atoms with Gasteiger partial charge in [-0.1, -0.05) is 118 Å². The molecule has 0 amide bonds. The Morgan fingerprint density at radius 2 is 1.37 bits per heavy atom. The smallest absolute Gasteiger partial charge is 0.450 e. The van der Waals surface area contributed by atoms with Crippen LogP contribution >= 0.6 is 0 Å². The Bertz CT molecular complexity index is 3560. The van der Waals surface area contributed by atoms with Gasteiger partial charge >= 0.3 is 26.5 Å². The highest BCUT2D eigenvalue weighted by Crippen LogP contribution is 2.52. The standard InChI is InChI=1S/C51H47F6N3O8S3/c1-8-33-20-24-37(25-21-33)68-71(65,66)51(56,57)49(52,53)50(54,55)70(63,64)60-69(61,62)45-19-11-10-16-42(45)46-40-26-22-35(58-47-32(7)14-12-15-34(47)9-2)28-43(40)67-44-29-36(23-27-41(44)46)59-48-38(30(3)4)17-13-18-39(48)31(5)6/h8,10-31,59-60H,1,9H2,2-7H3. The second-order valence-corrected chi connectivity index (χ2v) is 22.4. The first-order chi connectivity index (χ1) is 33.2. The highest BCUT2D eigenvalue weighted by Gasteiger charge is 2.83. The molecule has 20 heteroatoms. The number of halogens is 6. The summed E-state index contributed by atoms with van der Waals surface area (Å²) in [6.07, 6.45) is 1.89. The highest BCUT2D eigenvalue weighted by atomic mass is 32.3. The van der Waals surface area contributed by atoms with Gasteiger partial charge in [0.25, 0.3) is 20.0 Å². The van der Waals surface area contributed by atoms with E-state index in [1.54, 1.807) is 30.3 Å². The number of hydrogen-bond acceptors (Lipinski definition) is 10. The second kappa shape index (κ2) is 19.3. The maximum Gasteiger partial charge on any atom is 0.450 e. The zero-order chi connectivity index (χ0) is 52.1. The Morgan fingerprint density at radius 1 is 0.732 bits per heavy atom. The third kappa shape index (κ3) is 9.69. The first kappa shape index (κ1) is 52.3. The van der Waals surface area contributed by atoms with E-state index in [0.29, 0.717) is 39.4 Å². The monoisotopic (exact) mass is 1040 g/mol. The number of nitrogens with one attached hydrogen (secondary N) is 2. The molecule has 1 aliphatic heterocycles. The van der Waals surface area contributed by atoms with Crippen molar-refractivity contribution in [2.75, 3.05) is 5.32 Å². The summed E-state index contributed by atoms with van der Waals surface area (Å²) in [6, 6.07) is 29.1. The zero-order valence-electron chi connectivity index (χ0n) is 38.9. The molecule has 0 saturated carbocycles. The van der Waals surface area contributed by atoms with Crippen LogP contribution in [-0.2, 0) is 36.6 Å². The lowest BCUT2D eigenvalue weighted by Crippen LogP contribution is -2.63. The molecular formula is C51H47F6N3O8S3. The minimum atomic E-state index is -7.50. The molecule has 5 aromatic rings. The minimum Gasteiger partial charge on any atom is -0.456 e. The normalized spacial score (nSPS) is 13.4. The average molecular weight is 1040 g/mol. The molecular weight excluding hydrogens is 993 g/mol. The maximum atomic E-state index is 15.6. The number of nitrogens with zero attached hydrogens (tertiary/aromatic N) is 1. The quantitative estimate of drug-likeness (QED) is 0.0514. The summed E-state index contributed by atoms with van der Waals surface area (Å²) in [5, 5.41) is -10.0. The molecule has 0 unspecified atom stereocenters. The number of alkyl halides is 6. The van der Waals surface area contributed by atoms with Gasteiger partial charge in [0, 0.05) is 45.6 Å². The van der Waals surface area contributed by atoms with Crippen LogP contribution in [0.1, 0.15) is 74.3 Å². The Hall–Kier alpha value is -6.48. The fourth-order valence-corrected chi connectivity index (χ4v) is 12.0. The topological polar surface area (TPSA) is 161 Å².